The number of halogens is 2. The molecule has 0 aromatic heterocycles. The normalized spacial score (nSPS) is 14.8. The molecule has 4 heteroatoms. The van der Waals surface area contributed by atoms with Gasteiger partial charge in [-0.2, -0.15) is 0 Å². The summed E-state index contributed by atoms with van der Waals surface area (Å²) in [5, 5.41) is 0. The van der Waals surface area contributed by atoms with Crippen molar-refractivity contribution < 1.29 is 13.5 Å². The first-order chi connectivity index (χ1) is 7.54. The van der Waals surface area contributed by atoms with Crippen LogP contribution in [0.15, 0.2) is 18.2 Å². The van der Waals surface area contributed by atoms with Gasteiger partial charge in [0.1, 0.15) is 11.6 Å². The van der Waals surface area contributed by atoms with E-state index < -0.39 is 11.6 Å². The summed E-state index contributed by atoms with van der Waals surface area (Å²) in [5.41, 5.74) is 6.13. The Bertz CT molecular complexity index is 344. The van der Waals surface area contributed by atoms with Crippen LogP contribution in [0.5, 0.6) is 0 Å². The van der Waals surface area contributed by atoms with Crippen molar-refractivity contribution in [3.05, 3.63) is 35.4 Å². The van der Waals surface area contributed by atoms with Gasteiger partial charge in [0, 0.05) is 12.6 Å². The third-order valence-corrected chi connectivity index (χ3v) is 2.50. The topological polar surface area (TPSA) is 35.2 Å². The minimum atomic E-state index is -0.451. The fraction of sp³-hybridized carbons (Fsp3) is 0.500. The fourth-order valence-electron chi connectivity index (χ4n) is 1.51. The highest BCUT2D eigenvalue weighted by Gasteiger charge is 2.15. The van der Waals surface area contributed by atoms with Crippen LogP contribution in [0.3, 0.4) is 0 Å². The van der Waals surface area contributed by atoms with Crippen molar-refractivity contribution in [3.63, 3.8) is 0 Å². The molecule has 1 rings (SSSR count). The molecule has 2 unspecified atom stereocenters. The maximum absolute atomic E-state index is 13.3. The maximum atomic E-state index is 13.3. The smallest absolute Gasteiger partial charge is 0.126 e. The second-order valence-corrected chi connectivity index (χ2v) is 3.76. The molecule has 0 aliphatic heterocycles. The molecule has 0 spiro atoms. The van der Waals surface area contributed by atoms with E-state index in [4.69, 9.17) is 10.5 Å². The molecule has 0 fully saturated rings. The fourth-order valence-corrected chi connectivity index (χ4v) is 1.51. The Kier molecular flexibility index (Phi) is 4.83. The van der Waals surface area contributed by atoms with Gasteiger partial charge in [0.15, 0.2) is 0 Å². The summed E-state index contributed by atoms with van der Waals surface area (Å²) in [6.07, 6.45) is 0.0952. The summed E-state index contributed by atoms with van der Waals surface area (Å²) in [6.45, 7) is 4.25. The van der Waals surface area contributed by atoms with Crippen molar-refractivity contribution in [1.29, 1.82) is 0 Å². The number of hydrogen-bond donors (Lipinski definition) is 1. The van der Waals surface area contributed by atoms with Crippen LogP contribution in [0.4, 0.5) is 8.78 Å². The predicted molar refractivity (Wildman–Crippen MR) is 59.1 cm³/mol. The number of nitrogens with two attached hydrogens (primary N) is 1. The maximum Gasteiger partial charge on any atom is 0.126 e. The van der Waals surface area contributed by atoms with Gasteiger partial charge in [-0.25, -0.2) is 8.78 Å². The molecule has 0 bridgehead atoms. The lowest BCUT2D eigenvalue weighted by atomic mass is 10.0. The van der Waals surface area contributed by atoms with Crippen LogP contribution < -0.4 is 5.73 Å². The second kappa shape index (κ2) is 5.92. The molecule has 0 aliphatic rings. The molecular weight excluding hydrogens is 212 g/mol. The molecule has 90 valence electrons. The average molecular weight is 229 g/mol. The van der Waals surface area contributed by atoms with Crippen molar-refractivity contribution in [2.75, 3.05) is 6.61 Å². The molecule has 2 N–H and O–H groups in total. The number of hydrogen-bond acceptors (Lipinski definition) is 2. The van der Waals surface area contributed by atoms with E-state index in [0.29, 0.717) is 12.2 Å². The molecule has 1 aromatic rings. The Morgan fingerprint density at radius 3 is 2.69 bits per heavy atom. The minimum Gasteiger partial charge on any atom is -0.377 e. The van der Waals surface area contributed by atoms with Crippen LogP contribution in [0, 0.1) is 11.6 Å². The molecule has 16 heavy (non-hydrogen) atoms. The Balaban J connectivity index is 2.68. The van der Waals surface area contributed by atoms with Crippen LogP contribution in [-0.2, 0) is 11.2 Å². The summed E-state index contributed by atoms with van der Waals surface area (Å²) in [7, 11) is 0. The van der Waals surface area contributed by atoms with E-state index in [-0.39, 0.29) is 18.6 Å². The Morgan fingerprint density at radius 1 is 1.38 bits per heavy atom. The van der Waals surface area contributed by atoms with E-state index in [1.54, 1.807) is 0 Å². The molecule has 0 radical (unpaired) electrons. The van der Waals surface area contributed by atoms with Crippen LogP contribution in [0.2, 0.25) is 0 Å². The summed E-state index contributed by atoms with van der Waals surface area (Å²) >= 11 is 0. The lowest BCUT2D eigenvalue weighted by Gasteiger charge is -2.20. The van der Waals surface area contributed by atoms with Gasteiger partial charge in [0.05, 0.1) is 6.10 Å². The zero-order chi connectivity index (χ0) is 12.1. The highest BCUT2D eigenvalue weighted by molar-refractivity contribution is 5.19. The zero-order valence-corrected chi connectivity index (χ0v) is 9.54. The first-order valence-corrected chi connectivity index (χ1v) is 5.35. The third-order valence-electron chi connectivity index (χ3n) is 2.50. The second-order valence-electron chi connectivity index (χ2n) is 3.76. The quantitative estimate of drug-likeness (QED) is 0.840. The van der Waals surface area contributed by atoms with Gasteiger partial charge < -0.3 is 10.5 Å². The van der Waals surface area contributed by atoms with Crippen LogP contribution >= 0.6 is 0 Å². The van der Waals surface area contributed by atoms with E-state index in [2.05, 4.69) is 0 Å². The Morgan fingerprint density at radius 2 is 2.06 bits per heavy atom. The predicted octanol–water partition coefficient (Wildman–Crippen LogP) is 2.26. The number of ether oxygens (including phenoxy) is 1. The number of rotatable bonds is 5. The first-order valence-electron chi connectivity index (χ1n) is 5.35. The molecule has 0 aliphatic carbocycles. The molecule has 2 nitrogen and oxygen atoms in total. The zero-order valence-electron chi connectivity index (χ0n) is 9.54. The van der Waals surface area contributed by atoms with Crippen molar-refractivity contribution in [2.24, 2.45) is 5.73 Å². The van der Waals surface area contributed by atoms with Crippen LogP contribution in [0.25, 0.3) is 0 Å². The van der Waals surface area contributed by atoms with Gasteiger partial charge in [-0.15, -0.1) is 0 Å². The SMILES string of the molecule is CCOC(C)C(N)Cc1cc(F)ccc1F. The summed E-state index contributed by atoms with van der Waals surface area (Å²) in [5.74, 6) is -0.881. The molecule has 0 heterocycles. The molecular formula is C12H17F2NO. The molecule has 0 amide bonds. The lowest BCUT2D eigenvalue weighted by molar-refractivity contribution is 0.0575. The van der Waals surface area contributed by atoms with Crippen molar-refractivity contribution in [1.82, 2.24) is 0 Å². The monoisotopic (exact) mass is 229 g/mol. The average Bonchev–Trinajstić information content (AvgIpc) is 2.23. The van der Waals surface area contributed by atoms with Gasteiger partial charge >= 0.3 is 0 Å². The Labute approximate surface area is 94.4 Å². The minimum absolute atomic E-state index is 0.173. The highest BCUT2D eigenvalue weighted by atomic mass is 19.1. The van der Waals surface area contributed by atoms with E-state index in [1.807, 2.05) is 13.8 Å². The van der Waals surface area contributed by atoms with E-state index in [9.17, 15) is 8.78 Å². The van der Waals surface area contributed by atoms with E-state index in [0.717, 1.165) is 12.1 Å². The summed E-state index contributed by atoms with van der Waals surface area (Å²) in [6, 6.07) is 3.05. The Hall–Kier alpha value is -1.00. The number of benzene rings is 1. The van der Waals surface area contributed by atoms with E-state index in [1.165, 1.54) is 6.07 Å². The summed E-state index contributed by atoms with van der Waals surface area (Å²) < 4.78 is 31.5. The van der Waals surface area contributed by atoms with Crippen molar-refractivity contribution in [3.8, 4) is 0 Å². The van der Waals surface area contributed by atoms with Gasteiger partial charge in [0.25, 0.3) is 0 Å². The van der Waals surface area contributed by atoms with Gasteiger partial charge in [-0.05, 0) is 44.0 Å². The molecule has 1 aromatic carbocycles. The third kappa shape index (κ3) is 3.54. The molecule has 0 saturated carbocycles. The molecule has 0 saturated heterocycles. The van der Waals surface area contributed by atoms with Crippen LogP contribution in [-0.4, -0.2) is 18.8 Å². The van der Waals surface area contributed by atoms with Gasteiger partial charge in [-0.3, -0.25) is 0 Å². The summed E-state index contributed by atoms with van der Waals surface area (Å²) in [4.78, 5) is 0. The highest BCUT2D eigenvalue weighted by Crippen LogP contribution is 2.13. The van der Waals surface area contributed by atoms with E-state index >= 15 is 0 Å². The lowest BCUT2D eigenvalue weighted by Crippen LogP contribution is -2.36. The van der Waals surface area contributed by atoms with Crippen molar-refractivity contribution in [2.45, 2.75) is 32.4 Å². The van der Waals surface area contributed by atoms with Crippen LogP contribution in [0.1, 0.15) is 19.4 Å². The standard InChI is InChI=1S/C12H17F2NO/c1-3-16-8(2)12(15)7-9-6-10(13)4-5-11(9)14/h4-6,8,12H,3,7,15H2,1-2H3. The van der Waals surface area contributed by atoms with Gasteiger partial charge in [0.2, 0.25) is 0 Å². The first kappa shape index (κ1) is 13.1. The van der Waals surface area contributed by atoms with Crippen molar-refractivity contribution >= 4 is 0 Å². The largest absolute Gasteiger partial charge is 0.377 e. The molecule has 2 atom stereocenters. The van der Waals surface area contributed by atoms with Gasteiger partial charge in [-0.1, -0.05) is 0 Å².